The van der Waals surface area contributed by atoms with Crippen LogP contribution in [0.3, 0.4) is 0 Å². The molecule has 1 aliphatic heterocycles. The lowest BCUT2D eigenvalue weighted by Gasteiger charge is -2.41. The molecule has 1 aliphatic rings. The Bertz CT molecular complexity index is 777. The second kappa shape index (κ2) is 6.91. The number of ether oxygens (including phenoxy) is 1. The van der Waals surface area contributed by atoms with E-state index in [1.807, 2.05) is 43.3 Å². The highest BCUT2D eigenvalue weighted by atomic mass is 16.5. The molecule has 0 unspecified atom stereocenters. The molecule has 0 bridgehead atoms. The number of para-hydroxylation sites is 1. The average molecular weight is 337 g/mol. The lowest BCUT2D eigenvalue weighted by atomic mass is 9.83. The van der Waals surface area contributed by atoms with Gasteiger partial charge in [-0.05, 0) is 56.0 Å². The lowest BCUT2D eigenvalue weighted by molar-refractivity contribution is 0.0227. The van der Waals surface area contributed by atoms with Crippen LogP contribution in [0.25, 0.3) is 0 Å². The van der Waals surface area contributed by atoms with E-state index < -0.39 is 0 Å². The average Bonchev–Trinajstić information content (AvgIpc) is 2.63. The molecule has 0 radical (unpaired) electrons. The SMILES string of the molecule is CCC1(CC)C[C@H](NC(=O)c2ccc(C)c(C)c2)c2ccccc2O1. The molecule has 2 aromatic carbocycles. The molecule has 1 atom stereocenters. The summed E-state index contributed by atoms with van der Waals surface area (Å²) in [4.78, 5) is 12.8. The van der Waals surface area contributed by atoms with Gasteiger partial charge >= 0.3 is 0 Å². The molecule has 2 aromatic rings. The monoisotopic (exact) mass is 337 g/mol. The molecule has 0 saturated heterocycles. The Morgan fingerprint density at radius 3 is 2.52 bits per heavy atom. The van der Waals surface area contributed by atoms with Crippen molar-refractivity contribution in [2.24, 2.45) is 0 Å². The van der Waals surface area contributed by atoms with Crippen molar-refractivity contribution in [2.45, 2.75) is 58.6 Å². The van der Waals surface area contributed by atoms with Gasteiger partial charge in [0.05, 0.1) is 6.04 Å². The maximum atomic E-state index is 12.8. The molecule has 3 rings (SSSR count). The lowest BCUT2D eigenvalue weighted by Crippen LogP contribution is -2.44. The number of amides is 1. The Morgan fingerprint density at radius 2 is 1.84 bits per heavy atom. The standard InChI is InChI=1S/C22H27NO2/c1-5-22(6-2)14-19(18-9-7-8-10-20(18)25-22)23-21(24)17-12-11-15(3)16(4)13-17/h7-13,19H,5-6,14H2,1-4H3,(H,23,24)/t19-/m0/s1. The van der Waals surface area contributed by atoms with Crippen LogP contribution >= 0.6 is 0 Å². The summed E-state index contributed by atoms with van der Waals surface area (Å²) in [6.07, 6.45) is 2.65. The highest BCUT2D eigenvalue weighted by Gasteiger charge is 2.38. The van der Waals surface area contributed by atoms with Crippen LogP contribution in [-0.4, -0.2) is 11.5 Å². The fourth-order valence-electron chi connectivity index (χ4n) is 3.55. The molecule has 0 aliphatic carbocycles. The number of fused-ring (bicyclic) bond motifs is 1. The Hall–Kier alpha value is -2.29. The molecule has 0 aromatic heterocycles. The minimum Gasteiger partial charge on any atom is -0.487 e. The molecule has 3 heteroatoms. The second-order valence-corrected chi connectivity index (χ2v) is 7.06. The van der Waals surface area contributed by atoms with Gasteiger partial charge in [0.1, 0.15) is 11.4 Å². The fraction of sp³-hybridized carbons (Fsp3) is 0.409. The zero-order valence-corrected chi connectivity index (χ0v) is 15.6. The van der Waals surface area contributed by atoms with Gasteiger partial charge in [-0.15, -0.1) is 0 Å². The summed E-state index contributed by atoms with van der Waals surface area (Å²) < 4.78 is 6.32. The van der Waals surface area contributed by atoms with Gasteiger partial charge in [0.25, 0.3) is 5.91 Å². The van der Waals surface area contributed by atoms with E-state index in [1.54, 1.807) is 0 Å². The summed E-state index contributed by atoms with van der Waals surface area (Å²) >= 11 is 0. The van der Waals surface area contributed by atoms with Crippen molar-refractivity contribution in [3.8, 4) is 5.75 Å². The van der Waals surface area contributed by atoms with Crippen LogP contribution in [0.5, 0.6) is 5.75 Å². The molecular formula is C22H27NO2. The molecule has 1 N–H and O–H groups in total. The molecule has 0 saturated carbocycles. The maximum absolute atomic E-state index is 12.8. The third kappa shape index (κ3) is 3.41. The predicted octanol–water partition coefficient (Wildman–Crippen LogP) is 5.12. The minimum atomic E-state index is -0.213. The Kier molecular flexibility index (Phi) is 4.85. The third-order valence-corrected chi connectivity index (χ3v) is 5.56. The van der Waals surface area contributed by atoms with Crippen molar-refractivity contribution >= 4 is 5.91 Å². The number of rotatable bonds is 4. The summed E-state index contributed by atoms with van der Waals surface area (Å²) in [5.74, 6) is 0.869. The number of benzene rings is 2. The van der Waals surface area contributed by atoms with Gasteiger partial charge in [0.15, 0.2) is 0 Å². The van der Waals surface area contributed by atoms with Gasteiger partial charge in [-0.1, -0.05) is 38.1 Å². The van der Waals surface area contributed by atoms with Gasteiger partial charge in [-0.3, -0.25) is 4.79 Å². The van der Waals surface area contributed by atoms with E-state index in [-0.39, 0.29) is 17.6 Å². The van der Waals surface area contributed by atoms with Crippen molar-refractivity contribution < 1.29 is 9.53 Å². The van der Waals surface area contributed by atoms with Crippen LogP contribution in [0.4, 0.5) is 0 Å². The van der Waals surface area contributed by atoms with E-state index in [9.17, 15) is 4.79 Å². The minimum absolute atomic E-state index is 0.0223. The zero-order valence-electron chi connectivity index (χ0n) is 15.6. The molecule has 1 amide bonds. The third-order valence-electron chi connectivity index (χ3n) is 5.56. The van der Waals surface area contributed by atoms with Crippen molar-refractivity contribution in [2.75, 3.05) is 0 Å². The Balaban J connectivity index is 1.89. The van der Waals surface area contributed by atoms with Gasteiger partial charge in [0.2, 0.25) is 0 Å². The van der Waals surface area contributed by atoms with E-state index in [0.717, 1.165) is 36.1 Å². The summed E-state index contributed by atoms with van der Waals surface area (Å²) in [6, 6.07) is 13.9. The number of carbonyl (C=O) groups excluding carboxylic acids is 1. The van der Waals surface area contributed by atoms with E-state index in [2.05, 4.69) is 32.2 Å². The topological polar surface area (TPSA) is 38.3 Å². The summed E-state index contributed by atoms with van der Waals surface area (Å²) in [7, 11) is 0. The van der Waals surface area contributed by atoms with Gasteiger partial charge in [-0.25, -0.2) is 0 Å². The van der Waals surface area contributed by atoms with Crippen LogP contribution in [0.2, 0.25) is 0 Å². The summed E-state index contributed by atoms with van der Waals surface area (Å²) in [5.41, 5.74) is 3.90. The van der Waals surface area contributed by atoms with E-state index in [4.69, 9.17) is 4.74 Å². The van der Waals surface area contributed by atoms with Gasteiger partial charge in [0, 0.05) is 17.5 Å². The molecule has 0 fully saturated rings. The zero-order chi connectivity index (χ0) is 18.0. The highest BCUT2D eigenvalue weighted by molar-refractivity contribution is 5.94. The first-order valence-corrected chi connectivity index (χ1v) is 9.14. The normalized spacial score (nSPS) is 18.2. The molecule has 132 valence electrons. The predicted molar refractivity (Wildman–Crippen MR) is 101 cm³/mol. The smallest absolute Gasteiger partial charge is 0.251 e. The van der Waals surface area contributed by atoms with Crippen molar-refractivity contribution in [1.82, 2.24) is 5.32 Å². The number of hydrogen-bond donors (Lipinski definition) is 1. The van der Waals surface area contributed by atoms with Crippen LogP contribution in [0.15, 0.2) is 42.5 Å². The van der Waals surface area contributed by atoms with Crippen molar-refractivity contribution in [3.63, 3.8) is 0 Å². The highest BCUT2D eigenvalue weighted by Crippen LogP contribution is 2.42. The van der Waals surface area contributed by atoms with Crippen LogP contribution in [0.1, 0.15) is 66.2 Å². The fourth-order valence-corrected chi connectivity index (χ4v) is 3.55. The van der Waals surface area contributed by atoms with Crippen molar-refractivity contribution in [3.05, 3.63) is 64.7 Å². The number of hydrogen-bond acceptors (Lipinski definition) is 2. The van der Waals surface area contributed by atoms with Crippen LogP contribution in [0, 0.1) is 13.8 Å². The summed E-state index contributed by atoms with van der Waals surface area (Å²) in [6.45, 7) is 8.40. The molecule has 25 heavy (non-hydrogen) atoms. The Labute approximate surface area is 150 Å². The molecule has 3 nitrogen and oxygen atoms in total. The van der Waals surface area contributed by atoms with Crippen LogP contribution in [-0.2, 0) is 0 Å². The number of aryl methyl sites for hydroxylation is 2. The van der Waals surface area contributed by atoms with E-state index in [1.165, 1.54) is 5.56 Å². The van der Waals surface area contributed by atoms with Gasteiger partial charge in [-0.2, -0.15) is 0 Å². The number of carbonyl (C=O) groups is 1. The first-order valence-electron chi connectivity index (χ1n) is 9.14. The molecule has 1 heterocycles. The van der Waals surface area contributed by atoms with E-state index >= 15 is 0 Å². The largest absolute Gasteiger partial charge is 0.487 e. The molecular weight excluding hydrogens is 310 g/mol. The first-order chi connectivity index (χ1) is 12.0. The second-order valence-electron chi connectivity index (χ2n) is 7.06. The van der Waals surface area contributed by atoms with Crippen LogP contribution < -0.4 is 10.1 Å². The molecule has 0 spiro atoms. The maximum Gasteiger partial charge on any atom is 0.251 e. The van der Waals surface area contributed by atoms with Gasteiger partial charge < -0.3 is 10.1 Å². The summed E-state index contributed by atoms with van der Waals surface area (Å²) in [5, 5.41) is 3.24. The Morgan fingerprint density at radius 1 is 1.12 bits per heavy atom. The quantitative estimate of drug-likeness (QED) is 0.841. The van der Waals surface area contributed by atoms with Crippen molar-refractivity contribution in [1.29, 1.82) is 0 Å². The van der Waals surface area contributed by atoms with E-state index in [0.29, 0.717) is 5.56 Å². The number of nitrogens with one attached hydrogen (secondary N) is 1. The first kappa shape index (κ1) is 17.5.